The van der Waals surface area contributed by atoms with E-state index < -0.39 is 0 Å². The van der Waals surface area contributed by atoms with Gasteiger partial charge in [0.05, 0.1) is 18.0 Å². The van der Waals surface area contributed by atoms with Gasteiger partial charge in [0.2, 0.25) is 11.5 Å². The number of rotatable bonds is 6. The van der Waals surface area contributed by atoms with Gasteiger partial charge < -0.3 is 10.2 Å². The van der Waals surface area contributed by atoms with Gasteiger partial charge in [-0.3, -0.25) is 9.79 Å². The largest absolute Gasteiger partial charge is 0.351 e. The SMILES string of the molecule is CCCc1ccnc(NC(=O)c2ccc(C3=NC(N4CCC4)=C4C=NC=C[N+]34N)cc2)c1. The molecule has 0 saturated carbocycles. The highest BCUT2D eigenvalue weighted by Gasteiger charge is 2.46. The summed E-state index contributed by atoms with van der Waals surface area (Å²) in [6.45, 7) is 4.07. The normalized spacial score (nSPS) is 21.3. The number of hydrogen-bond donors (Lipinski definition) is 2. The molecule has 162 valence electrons. The Morgan fingerprint density at radius 3 is 2.75 bits per heavy atom. The molecule has 1 saturated heterocycles. The number of nitrogens with one attached hydrogen (secondary N) is 1. The number of nitrogens with two attached hydrogens (primary N) is 1. The Hall–Kier alpha value is -3.62. The summed E-state index contributed by atoms with van der Waals surface area (Å²) in [6.07, 6.45) is 10.2. The van der Waals surface area contributed by atoms with Crippen molar-refractivity contribution < 1.29 is 9.39 Å². The van der Waals surface area contributed by atoms with Crippen molar-refractivity contribution in [2.75, 3.05) is 18.4 Å². The molecule has 1 fully saturated rings. The third kappa shape index (κ3) is 3.53. The smallest absolute Gasteiger partial charge is 0.266 e. The van der Waals surface area contributed by atoms with Crippen molar-refractivity contribution in [1.82, 2.24) is 9.88 Å². The first-order valence-corrected chi connectivity index (χ1v) is 10.9. The molecule has 2 aromatic rings. The number of hydrogen-bond acceptors (Lipinski definition) is 6. The van der Waals surface area contributed by atoms with Gasteiger partial charge in [0.1, 0.15) is 12.0 Å². The Kier molecular flexibility index (Phi) is 5.16. The lowest BCUT2D eigenvalue weighted by atomic mass is 10.1. The quantitative estimate of drug-likeness (QED) is 0.546. The van der Waals surface area contributed by atoms with E-state index >= 15 is 0 Å². The van der Waals surface area contributed by atoms with Crippen molar-refractivity contribution in [3.05, 3.63) is 83.2 Å². The van der Waals surface area contributed by atoms with Crippen LogP contribution in [0.25, 0.3) is 0 Å². The van der Waals surface area contributed by atoms with E-state index in [2.05, 4.69) is 27.1 Å². The summed E-state index contributed by atoms with van der Waals surface area (Å²) in [5, 5.41) is 2.88. The molecule has 0 spiro atoms. The molecule has 1 aromatic heterocycles. The highest BCUT2D eigenvalue weighted by atomic mass is 16.1. The third-order valence-electron chi connectivity index (χ3n) is 5.94. The van der Waals surface area contributed by atoms with Crippen molar-refractivity contribution >= 4 is 23.8 Å². The number of pyridine rings is 1. The number of benzene rings is 1. The van der Waals surface area contributed by atoms with Crippen molar-refractivity contribution in [3.63, 3.8) is 0 Å². The van der Waals surface area contributed by atoms with Crippen LogP contribution in [-0.4, -0.2) is 45.5 Å². The Morgan fingerprint density at radius 1 is 1.22 bits per heavy atom. The van der Waals surface area contributed by atoms with Crippen LogP contribution in [0.4, 0.5) is 5.82 Å². The number of quaternary nitrogens is 1. The molecule has 3 aliphatic rings. The average molecular weight is 429 g/mol. The fourth-order valence-electron chi connectivity index (χ4n) is 4.07. The van der Waals surface area contributed by atoms with Gasteiger partial charge in [0.25, 0.3) is 11.7 Å². The van der Waals surface area contributed by atoms with E-state index in [0.29, 0.717) is 17.2 Å². The Labute approximate surface area is 187 Å². The van der Waals surface area contributed by atoms with Crippen molar-refractivity contribution in [3.8, 4) is 0 Å². The standard InChI is InChI=1S/C24H25N7O/c1-2-4-17-9-10-27-21(15-17)28-24(32)19-7-5-18(6-8-19)23-29-22(30-12-3-13-30)20-16-26-11-14-31(20,23)25/h5-11,14-16H,2-4,12-13,25H2,1H3/p+1. The number of carbonyl (C=O) groups excluding carboxylic acids is 1. The molecule has 0 aliphatic carbocycles. The lowest BCUT2D eigenvalue weighted by molar-refractivity contribution is -0.750. The molecule has 1 atom stereocenters. The van der Waals surface area contributed by atoms with Crippen LogP contribution in [0.1, 0.15) is 41.3 Å². The van der Waals surface area contributed by atoms with E-state index in [1.807, 2.05) is 30.5 Å². The van der Waals surface area contributed by atoms with Crippen LogP contribution in [0.15, 0.2) is 76.5 Å². The molecular formula is C24H26N7O+. The lowest BCUT2D eigenvalue weighted by Crippen LogP contribution is -2.53. The van der Waals surface area contributed by atoms with Crippen molar-refractivity contribution in [2.24, 2.45) is 15.8 Å². The van der Waals surface area contributed by atoms with Gasteiger partial charge in [-0.1, -0.05) is 13.3 Å². The number of carbonyl (C=O) groups is 1. The highest BCUT2D eigenvalue weighted by Crippen LogP contribution is 2.34. The number of allylic oxidation sites excluding steroid dienone is 1. The molecule has 4 heterocycles. The number of amides is 1. The summed E-state index contributed by atoms with van der Waals surface area (Å²) in [4.78, 5) is 28.4. The molecule has 32 heavy (non-hydrogen) atoms. The van der Waals surface area contributed by atoms with Gasteiger partial charge in [0.15, 0.2) is 0 Å². The Morgan fingerprint density at radius 2 is 2.03 bits per heavy atom. The molecule has 5 rings (SSSR count). The van der Waals surface area contributed by atoms with Crippen LogP contribution < -0.4 is 11.2 Å². The Balaban J connectivity index is 1.37. The minimum atomic E-state index is -0.201. The maximum Gasteiger partial charge on any atom is 0.266 e. The lowest BCUT2D eigenvalue weighted by Gasteiger charge is -2.32. The molecule has 1 unspecified atom stereocenters. The molecule has 0 bridgehead atoms. The van der Waals surface area contributed by atoms with Gasteiger partial charge in [-0.15, -0.1) is 4.59 Å². The maximum atomic E-state index is 12.7. The minimum Gasteiger partial charge on any atom is -0.351 e. The molecule has 3 N–H and O–H groups in total. The predicted octanol–water partition coefficient (Wildman–Crippen LogP) is 3.17. The molecule has 8 nitrogen and oxygen atoms in total. The van der Waals surface area contributed by atoms with Gasteiger partial charge >= 0.3 is 0 Å². The van der Waals surface area contributed by atoms with Gasteiger partial charge in [0, 0.05) is 24.8 Å². The van der Waals surface area contributed by atoms with E-state index in [1.165, 1.54) is 0 Å². The maximum absolute atomic E-state index is 12.7. The van der Waals surface area contributed by atoms with E-state index in [4.69, 9.17) is 10.8 Å². The topological polar surface area (TPSA) is 96.0 Å². The summed E-state index contributed by atoms with van der Waals surface area (Å²) in [5.41, 5.74) is 3.43. The van der Waals surface area contributed by atoms with E-state index in [0.717, 1.165) is 55.0 Å². The zero-order valence-electron chi connectivity index (χ0n) is 18.0. The van der Waals surface area contributed by atoms with Crippen LogP contribution >= 0.6 is 0 Å². The van der Waals surface area contributed by atoms with Crippen LogP contribution in [0.3, 0.4) is 0 Å². The van der Waals surface area contributed by atoms with Crippen LogP contribution in [0.2, 0.25) is 0 Å². The molecule has 8 heteroatoms. The number of aliphatic imine (C=N–C) groups is 2. The van der Waals surface area contributed by atoms with E-state index in [1.54, 1.807) is 30.7 Å². The first kappa shape index (κ1) is 20.3. The number of amidine groups is 1. The monoisotopic (exact) mass is 428 g/mol. The number of aromatic nitrogens is 1. The number of fused-ring (bicyclic) bond motifs is 1. The van der Waals surface area contributed by atoms with Gasteiger partial charge in [-0.25, -0.2) is 4.98 Å². The van der Waals surface area contributed by atoms with Crippen LogP contribution in [-0.2, 0) is 6.42 Å². The summed E-state index contributed by atoms with van der Waals surface area (Å²) in [7, 11) is 0. The highest BCUT2D eigenvalue weighted by molar-refractivity contribution is 6.05. The number of anilines is 1. The third-order valence-corrected chi connectivity index (χ3v) is 5.94. The van der Waals surface area contributed by atoms with E-state index in [-0.39, 0.29) is 10.5 Å². The molecule has 1 amide bonds. The fraction of sp³-hybridized carbons (Fsp3) is 0.250. The summed E-state index contributed by atoms with van der Waals surface area (Å²) in [6, 6.07) is 11.2. The average Bonchev–Trinajstić information content (AvgIpc) is 3.06. The van der Waals surface area contributed by atoms with Crippen molar-refractivity contribution in [2.45, 2.75) is 26.2 Å². The number of nitrogens with zero attached hydrogens (tertiary/aromatic N) is 5. The first-order chi connectivity index (χ1) is 15.6. The molecule has 3 aliphatic heterocycles. The number of likely N-dealkylation sites (tertiary alicyclic amines) is 1. The second kappa shape index (κ2) is 8.14. The zero-order valence-corrected chi connectivity index (χ0v) is 18.0. The predicted molar refractivity (Wildman–Crippen MR) is 124 cm³/mol. The second-order valence-electron chi connectivity index (χ2n) is 8.17. The summed E-state index contributed by atoms with van der Waals surface area (Å²) < 4.78 is -0.0188. The molecular weight excluding hydrogens is 402 g/mol. The van der Waals surface area contributed by atoms with Gasteiger partial charge in [-0.05, 0) is 54.8 Å². The Bertz CT molecular complexity index is 1180. The fourth-order valence-corrected chi connectivity index (χ4v) is 4.07. The van der Waals surface area contributed by atoms with Crippen LogP contribution in [0.5, 0.6) is 0 Å². The van der Waals surface area contributed by atoms with Gasteiger partial charge in [-0.2, -0.15) is 10.8 Å². The summed E-state index contributed by atoms with van der Waals surface area (Å²) >= 11 is 0. The van der Waals surface area contributed by atoms with Crippen LogP contribution in [0, 0.1) is 0 Å². The first-order valence-electron chi connectivity index (χ1n) is 10.9. The van der Waals surface area contributed by atoms with E-state index in [9.17, 15) is 4.79 Å². The number of aryl methyl sites for hydroxylation is 1. The minimum absolute atomic E-state index is 0.0188. The summed E-state index contributed by atoms with van der Waals surface area (Å²) in [5.74, 6) is 8.69. The second-order valence-corrected chi connectivity index (χ2v) is 8.17. The van der Waals surface area contributed by atoms with Crippen molar-refractivity contribution in [1.29, 1.82) is 0 Å². The zero-order chi connectivity index (χ0) is 22.1. The molecule has 1 aromatic carbocycles. The molecule has 0 radical (unpaired) electrons.